The standard InChI is InChI=1S/C11H11F2NO3/c1-16-11(15)14-7-2-6-3-8(12)9(13)4-10(6)17-5-7/h3-4,7H,2,5H2,1H3,(H,14,15)/t7-/m0/s1. The van der Waals surface area contributed by atoms with Gasteiger partial charge in [-0.1, -0.05) is 0 Å². The van der Waals surface area contributed by atoms with Crippen molar-refractivity contribution in [2.45, 2.75) is 12.5 Å². The fraction of sp³-hybridized carbons (Fsp3) is 0.364. The van der Waals surface area contributed by atoms with Crippen LogP contribution in [0.3, 0.4) is 0 Å². The molecule has 1 atom stereocenters. The van der Waals surface area contributed by atoms with E-state index in [1.807, 2.05) is 0 Å². The van der Waals surface area contributed by atoms with Crippen LogP contribution >= 0.6 is 0 Å². The molecule has 1 heterocycles. The Morgan fingerprint density at radius 1 is 1.47 bits per heavy atom. The average molecular weight is 243 g/mol. The third-order valence-electron chi connectivity index (χ3n) is 2.52. The molecule has 0 aromatic heterocycles. The molecule has 0 spiro atoms. The van der Waals surface area contributed by atoms with Crippen molar-refractivity contribution < 1.29 is 23.0 Å². The van der Waals surface area contributed by atoms with Gasteiger partial charge in [0.2, 0.25) is 0 Å². The second-order valence-electron chi connectivity index (χ2n) is 3.72. The summed E-state index contributed by atoms with van der Waals surface area (Å²) in [5.41, 5.74) is 0.525. The molecule has 1 aliphatic heterocycles. The molecule has 2 rings (SSSR count). The minimum atomic E-state index is -0.942. The van der Waals surface area contributed by atoms with Crippen LogP contribution in [-0.4, -0.2) is 25.9 Å². The number of carbonyl (C=O) groups excluding carboxylic acids is 1. The summed E-state index contributed by atoms with van der Waals surface area (Å²) in [5.74, 6) is -1.55. The van der Waals surface area contributed by atoms with E-state index in [-0.39, 0.29) is 12.6 Å². The van der Waals surface area contributed by atoms with Crippen molar-refractivity contribution in [3.8, 4) is 5.75 Å². The number of rotatable bonds is 1. The second-order valence-corrected chi connectivity index (χ2v) is 3.72. The quantitative estimate of drug-likeness (QED) is 0.815. The summed E-state index contributed by atoms with van der Waals surface area (Å²) in [6, 6.07) is 1.79. The molecule has 0 aliphatic carbocycles. The first-order valence-corrected chi connectivity index (χ1v) is 5.05. The monoisotopic (exact) mass is 243 g/mol. The fourth-order valence-electron chi connectivity index (χ4n) is 1.70. The van der Waals surface area contributed by atoms with Crippen LogP contribution in [0, 0.1) is 11.6 Å². The van der Waals surface area contributed by atoms with E-state index in [1.165, 1.54) is 7.11 Å². The number of fused-ring (bicyclic) bond motifs is 1. The molecule has 0 bridgehead atoms. The van der Waals surface area contributed by atoms with Gasteiger partial charge in [-0.05, 0) is 18.1 Å². The lowest BCUT2D eigenvalue weighted by molar-refractivity contribution is 0.156. The highest BCUT2D eigenvalue weighted by atomic mass is 19.2. The summed E-state index contributed by atoms with van der Waals surface area (Å²) >= 11 is 0. The predicted octanol–water partition coefficient (Wildman–Crippen LogP) is 1.62. The maximum Gasteiger partial charge on any atom is 0.407 e. The van der Waals surface area contributed by atoms with Crippen molar-refractivity contribution in [1.29, 1.82) is 0 Å². The van der Waals surface area contributed by atoms with E-state index < -0.39 is 17.7 Å². The van der Waals surface area contributed by atoms with Gasteiger partial charge < -0.3 is 14.8 Å². The third kappa shape index (κ3) is 2.46. The van der Waals surface area contributed by atoms with Gasteiger partial charge in [-0.2, -0.15) is 0 Å². The van der Waals surface area contributed by atoms with Crippen molar-refractivity contribution in [3.05, 3.63) is 29.3 Å². The number of hydrogen-bond acceptors (Lipinski definition) is 3. The number of amides is 1. The van der Waals surface area contributed by atoms with Crippen LogP contribution in [-0.2, 0) is 11.2 Å². The van der Waals surface area contributed by atoms with Crippen LogP contribution < -0.4 is 10.1 Å². The summed E-state index contributed by atoms with van der Waals surface area (Å²) < 4.78 is 35.6. The molecule has 1 aliphatic rings. The van der Waals surface area contributed by atoms with Crippen LogP contribution in [0.2, 0.25) is 0 Å². The van der Waals surface area contributed by atoms with Crippen molar-refractivity contribution >= 4 is 6.09 Å². The molecule has 92 valence electrons. The number of methoxy groups -OCH3 is 1. The maximum atomic E-state index is 13.0. The molecule has 0 saturated carbocycles. The maximum absolute atomic E-state index is 13.0. The van der Waals surface area contributed by atoms with Crippen molar-refractivity contribution in [2.24, 2.45) is 0 Å². The molecular formula is C11H11F2NO3. The highest BCUT2D eigenvalue weighted by Gasteiger charge is 2.23. The lowest BCUT2D eigenvalue weighted by atomic mass is 10.0. The number of nitrogens with one attached hydrogen (secondary N) is 1. The fourth-order valence-corrected chi connectivity index (χ4v) is 1.70. The van der Waals surface area contributed by atoms with E-state index >= 15 is 0 Å². The van der Waals surface area contributed by atoms with Crippen molar-refractivity contribution in [1.82, 2.24) is 5.32 Å². The SMILES string of the molecule is COC(=O)N[C@@H]1COc2cc(F)c(F)cc2C1. The van der Waals surface area contributed by atoms with Gasteiger partial charge in [0.25, 0.3) is 0 Å². The molecule has 0 fully saturated rings. The van der Waals surface area contributed by atoms with Gasteiger partial charge >= 0.3 is 6.09 Å². The van der Waals surface area contributed by atoms with Crippen LogP contribution in [0.1, 0.15) is 5.56 Å². The molecule has 17 heavy (non-hydrogen) atoms. The zero-order chi connectivity index (χ0) is 12.4. The Bertz CT molecular complexity index is 451. The van der Waals surface area contributed by atoms with Gasteiger partial charge in [-0.25, -0.2) is 13.6 Å². The molecule has 6 heteroatoms. The Balaban J connectivity index is 2.13. The number of hydrogen-bond donors (Lipinski definition) is 1. The number of carbonyl (C=O) groups is 1. The molecule has 1 N–H and O–H groups in total. The molecule has 1 aromatic rings. The Morgan fingerprint density at radius 3 is 2.88 bits per heavy atom. The third-order valence-corrected chi connectivity index (χ3v) is 2.52. The number of benzene rings is 1. The normalized spacial score (nSPS) is 17.9. The van der Waals surface area contributed by atoms with Crippen molar-refractivity contribution in [3.63, 3.8) is 0 Å². The lowest BCUT2D eigenvalue weighted by Gasteiger charge is -2.25. The van der Waals surface area contributed by atoms with E-state index in [9.17, 15) is 13.6 Å². The molecular weight excluding hydrogens is 232 g/mol. The van der Waals surface area contributed by atoms with Crippen LogP contribution in [0.5, 0.6) is 5.75 Å². The van der Waals surface area contributed by atoms with Gasteiger partial charge in [0.05, 0.1) is 13.2 Å². The summed E-state index contributed by atoms with van der Waals surface area (Å²) in [4.78, 5) is 11.0. The molecule has 1 amide bonds. The molecule has 0 unspecified atom stereocenters. The lowest BCUT2D eigenvalue weighted by Crippen LogP contribution is -2.42. The van der Waals surface area contributed by atoms with Crippen LogP contribution in [0.4, 0.5) is 13.6 Å². The first-order valence-electron chi connectivity index (χ1n) is 5.05. The minimum absolute atomic E-state index is 0.202. The molecule has 0 saturated heterocycles. The number of halogens is 2. The summed E-state index contributed by atoms with van der Waals surface area (Å²) in [6.07, 6.45) is -0.202. The average Bonchev–Trinajstić information content (AvgIpc) is 2.31. The summed E-state index contributed by atoms with van der Waals surface area (Å²) in [6.45, 7) is 0.202. The van der Waals surface area contributed by atoms with Crippen LogP contribution in [0.25, 0.3) is 0 Å². The Morgan fingerprint density at radius 2 is 2.18 bits per heavy atom. The van der Waals surface area contributed by atoms with E-state index in [2.05, 4.69) is 10.1 Å². The van der Waals surface area contributed by atoms with E-state index in [0.29, 0.717) is 17.7 Å². The van der Waals surface area contributed by atoms with Crippen LogP contribution in [0.15, 0.2) is 12.1 Å². The summed E-state index contributed by atoms with van der Waals surface area (Å²) in [5, 5.41) is 2.54. The Labute approximate surface area is 96.5 Å². The zero-order valence-electron chi connectivity index (χ0n) is 9.13. The Kier molecular flexibility index (Phi) is 3.12. The first kappa shape index (κ1) is 11.6. The van der Waals surface area contributed by atoms with Crippen molar-refractivity contribution in [2.75, 3.05) is 13.7 Å². The smallest absolute Gasteiger partial charge is 0.407 e. The zero-order valence-corrected chi connectivity index (χ0v) is 9.13. The minimum Gasteiger partial charge on any atom is -0.491 e. The highest BCUT2D eigenvalue weighted by Crippen LogP contribution is 2.27. The topological polar surface area (TPSA) is 47.6 Å². The van der Waals surface area contributed by atoms with Gasteiger partial charge in [-0.15, -0.1) is 0 Å². The Hall–Kier alpha value is -1.85. The molecule has 1 aromatic carbocycles. The van der Waals surface area contributed by atoms with Gasteiger partial charge in [0.15, 0.2) is 11.6 Å². The molecule has 0 radical (unpaired) electrons. The van der Waals surface area contributed by atoms with E-state index in [1.54, 1.807) is 0 Å². The van der Waals surface area contributed by atoms with Gasteiger partial charge in [-0.3, -0.25) is 0 Å². The number of ether oxygens (including phenoxy) is 2. The highest BCUT2D eigenvalue weighted by molar-refractivity contribution is 5.67. The number of alkyl carbamates (subject to hydrolysis) is 1. The van der Waals surface area contributed by atoms with Gasteiger partial charge in [0.1, 0.15) is 12.4 Å². The summed E-state index contributed by atoms with van der Waals surface area (Å²) in [7, 11) is 1.25. The van der Waals surface area contributed by atoms with E-state index in [4.69, 9.17) is 4.74 Å². The second kappa shape index (κ2) is 4.57. The first-order chi connectivity index (χ1) is 8.10. The molecule has 4 nitrogen and oxygen atoms in total. The van der Waals surface area contributed by atoms with E-state index in [0.717, 1.165) is 12.1 Å². The van der Waals surface area contributed by atoms with Gasteiger partial charge in [0, 0.05) is 6.07 Å². The largest absolute Gasteiger partial charge is 0.491 e. The predicted molar refractivity (Wildman–Crippen MR) is 54.9 cm³/mol.